The van der Waals surface area contributed by atoms with Crippen molar-refractivity contribution in [3.05, 3.63) is 29.5 Å². The predicted octanol–water partition coefficient (Wildman–Crippen LogP) is 2.23. The number of hydrogen-bond donors (Lipinski definition) is 2. The van der Waals surface area contributed by atoms with Gasteiger partial charge in [-0.25, -0.2) is 4.98 Å². The summed E-state index contributed by atoms with van der Waals surface area (Å²) in [4.78, 5) is 18.5. The maximum absolute atomic E-state index is 12.7. The first-order chi connectivity index (χ1) is 18.9. The highest BCUT2D eigenvalue weighted by Gasteiger charge is 2.26. The zero-order valence-electron chi connectivity index (χ0n) is 21.7. The number of carbonyl (C=O) groups is 1. The number of rotatable bonds is 9. The Hall–Kier alpha value is -4.69. The maximum Gasteiger partial charge on any atom is 0.305 e. The Morgan fingerprint density at radius 1 is 1.13 bits per heavy atom. The fraction of sp³-hybridized carbons (Fsp3) is 0.360. The van der Waals surface area contributed by atoms with Crippen molar-refractivity contribution in [2.24, 2.45) is 0 Å². The molecule has 39 heavy (non-hydrogen) atoms. The lowest BCUT2D eigenvalue weighted by Gasteiger charge is -2.17. The van der Waals surface area contributed by atoms with Gasteiger partial charge in [0.1, 0.15) is 28.5 Å². The van der Waals surface area contributed by atoms with Crippen LogP contribution in [0.1, 0.15) is 30.4 Å². The molecule has 2 aromatic heterocycles. The van der Waals surface area contributed by atoms with E-state index in [0.717, 1.165) is 37.7 Å². The minimum atomic E-state index is -0.398. The molecule has 0 unspecified atom stereocenters. The molecule has 0 radical (unpaired) electrons. The van der Waals surface area contributed by atoms with Crippen molar-refractivity contribution in [3.63, 3.8) is 0 Å². The van der Waals surface area contributed by atoms with Crippen LogP contribution in [0.3, 0.4) is 0 Å². The van der Waals surface area contributed by atoms with Gasteiger partial charge in [0.15, 0.2) is 11.5 Å². The molecule has 1 fully saturated rings. The van der Waals surface area contributed by atoms with E-state index in [4.69, 9.17) is 24.5 Å². The molecule has 1 aliphatic rings. The standard InChI is InChI=1S/C25H26N8O5S/c1-35-18-9-15(10-19(36-2)23(18)37-3)22-16(11-26)24(28)30-25(17(22)12-27)39-14-20(34)29-21-13-33(31-38-21)32-7-5-4-6-8-32/h9-10,13H,4-8,14H2,1-3H3,(H2-,28,29,30,31,34)/p+1. The van der Waals surface area contributed by atoms with Gasteiger partial charge >= 0.3 is 5.88 Å². The van der Waals surface area contributed by atoms with Crippen LogP contribution in [-0.2, 0) is 4.79 Å². The van der Waals surface area contributed by atoms with E-state index in [1.54, 1.807) is 23.1 Å². The number of amides is 1. The molecule has 202 valence electrons. The Kier molecular flexibility index (Phi) is 8.58. The van der Waals surface area contributed by atoms with Crippen molar-refractivity contribution in [3.8, 4) is 40.5 Å². The summed E-state index contributed by atoms with van der Waals surface area (Å²) in [6, 6.07) is 7.36. The highest BCUT2D eigenvalue weighted by atomic mass is 32.2. The highest BCUT2D eigenvalue weighted by Crippen LogP contribution is 2.44. The average molecular weight is 552 g/mol. The summed E-state index contributed by atoms with van der Waals surface area (Å²) in [5.41, 5.74) is 6.89. The Bertz CT molecular complexity index is 1430. The number of nitrogen functional groups attached to an aromatic ring is 1. The SMILES string of the molecule is COc1cc(-c2c(C#N)c(N)nc(SCC(=O)Nc3c[n+](N4CCCCC4)no3)c2C#N)cc(OC)c1OC. The molecular formula is C25H27N8O5S+. The molecule has 3 heterocycles. The molecule has 14 heteroatoms. The third-order valence-electron chi connectivity index (χ3n) is 6.05. The minimum Gasteiger partial charge on any atom is -0.493 e. The van der Waals surface area contributed by atoms with Gasteiger partial charge in [-0.15, -0.1) is 0 Å². The number of thioether (sulfide) groups is 1. The number of aromatic nitrogens is 3. The van der Waals surface area contributed by atoms with Crippen LogP contribution in [0.4, 0.5) is 11.7 Å². The van der Waals surface area contributed by atoms with E-state index in [2.05, 4.69) is 21.6 Å². The van der Waals surface area contributed by atoms with Crippen LogP contribution in [0.5, 0.6) is 17.2 Å². The van der Waals surface area contributed by atoms with E-state index in [1.165, 1.54) is 27.8 Å². The number of piperidine rings is 1. The van der Waals surface area contributed by atoms with Gasteiger partial charge in [0.2, 0.25) is 16.9 Å². The zero-order valence-corrected chi connectivity index (χ0v) is 22.5. The van der Waals surface area contributed by atoms with Crippen molar-refractivity contribution < 1.29 is 28.3 Å². The normalized spacial score (nSPS) is 12.8. The van der Waals surface area contributed by atoms with Crippen LogP contribution in [0.15, 0.2) is 27.9 Å². The van der Waals surface area contributed by atoms with E-state index in [9.17, 15) is 15.3 Å². The van der Waals surface area contributed by atoms with Gasteiger partial charge in [-0.3, -0.25) is 14.6 Å². The van der Waals surface area contributed by atoms with Crippen molar-refractivity contribution in [2.45, 2.75) is 24.3 Å². The smallest absolute Gasteiger partial charge is 0.305 e. The summed E-state index contributed by atoms with van der Waals surface area (Å²) in [6.45, 7) is 1.72. The van der Waals surface area contributed by atoms with Gasteiger partial charge in [0.05, 0.1) is 50.5 Å². The molecule has 1 amide bonds. The highest BCUT2D eigenvalue weighted by molar-refractivity contribution is 8.00. The van der Waals surface area contributed by atoms with Crippen molar-refractivity contribution in [1.29, 1.82) is 10.5 Å². The van der Waals surface area contributed by atoms with Crippen LogP contribution in [0, 0.1) is 22.7 Å². The molecule has 0 atom stereocenters. The van der Waals surface area contributed by atoms with Gasteiger partial charge in [0.25, 0.3) is 6.20 Å². The van der Waals surface area contributed by atoms with Gasteiger partial charge in [-0.2, -0.15) is 15.5 Å². The van der Waals surface area contributed by atoms with Crippen molar-refractivity contribution >= 4 is 29.4 Å². The summed E-state index contributed by atoms with van der Waals surface area (Å²) < 4.78 is 21.5. The topological polar surface area (TPSA) is 176 Å². The van der Waals surface area contributed by atoms with E-state index < -0.39 is 5.91 Å². The van der Waals surface area contributed by atoms with E-state index in [0.29, 0.717) is 22.8 Å². The molecule has 3 N–H and O–H groups in total. The second kappa shape index (κ2) is 12.2. The van der Waals surface area contributed by atoms with Crippen LogP contribution < -0.4 is 35.1 Å². The van der Waals surface area contributed by atoms with Crippen LogP contribution in [0.2, 0.25) is 0 Å². The number of nitrogens with one attached hydrogen (secondary N) is 1. The first kappa shape index (κ1) is 27.3. The number of nitriles is 2. The van der Waals surface area contributed by atoms with E-state index in [1.807, 2.05) is 11.1 Å². The predicted molar refractivity (Wildman–Crippen MR) is 141 cm³/mol. The molecule has 1 saturated heterocycles. The van der Waals surface area contributed by atoms with Gasteiger partial charge < -0.3 is 19.9 Å². The molecule has 13 nitrogen and oxygen atoms in total. The van der Waals surface area contributed by atoms with Gasteiger partial charge in [0, 0.05) is 5.56 Å². The molecule has 0 bridgehead atoms. The molecular weight excluding hydrogens is 524 g/mol. The van der Waals surface area contributed by atoms with E-state index >= 15 is 0 Å². The number of benzene rings is 1. The number of hydrogen-bond acceptors (Lipinski definition) is 12. The van der Waals surface area contributed by atoms with Crippen molar-refractivity contribution in [1.82, 2.24) is 10.3 Å². The molecule has 0 saturated carbocycles. The lowest BCUT2D eigenvalue weighted by atomic mass is 9.96. The summed E-state index contributed by atoms with van der Waals surface area (Å²) in [6.07, 6.45) is 4.92. The molecule has 1 aromatic carbocycles. The second-order valence-corrected chi connectivity index (χ2v) is 9.37. The van der Waals surface area contributed by atoms with Crippen LogP contribution in [0.25, 0.3) is 11.1 Å². The second-order valence-electron chi connectivity index (χ2n) is 8.40. The Morgan fingerprint density at radius 3 is 2.38 bits per heavy atom. The molecule has 0 spiro atoms. The number of anilines is 2. The average Bonchev–Trinajstić information content (AvgIpc) is 3.43. The number of carbonyl (C=O) groups excluding carboxylic acids is 1. The largest absolute Gasteiger partial charge is 0.493 e. The molecule has 3 aromatic rings. The van der Waals surface area contributed by atoms with Crippen LogP contribution >= 0.6 is 11.8 Å². The first-order valence-electron chi connectivity index (χ1n) is 11.9. The minimum absolute atomic E-state index is 0.0125. The summed E-state index contributed by atoms with van der Waals surface area (Å²) in [5, 5.41) is 28.8. The van der Waals surface area contributed by atoms with E-state index in [-0.39, 0.29) is 39.2 Å². The molecule has 1 aliphatic heterocycles. The quantitative estimate of drug-likeness (QED) is 0.293. The van der Waals surface area contributed by atoms with Crippen LogP contribution in [-0.4, -0.2) is 56.3 Å². The number of nitrogens with two attached hydrogens (primary N) is 1. The summed E-state index contributed by atoms with van der Waals surface area (Å²) in [7, 11) is 4.39. The fourth-order valence-corrected chi connectivity index (χ4v) is 5.03. The third kappa shape index (κ3) is 5.76. The number of nitrogens with zero attached hydrogens (tertiary/aromatic N) is 6. The lowest BCUT2D eigenvalue weighted by Crippen LogP contribution is -2.60. The monoisotopic (exact) mass is 551 g/mol. The number of pyridine rings is 1. The Labute approximate surface area is 229 Å². The summed E-state index contributed by atoms with van der Waals surface area (Å²) in [5.74, 6) is 0.618. The lowest BCUT2D eigenvalue weighted by molar-refractivity contribution is -0.759. The Morgan fingerprint density at radius 2 is 1.79 bits per heavy atom. The first-order valence-corrected chi connectivity index (χ1v) is 12.9. The number of ether oxygens (including phenoxy) is 3. The molecule has 4 rings (SSSR count). The van der Waals surface area contributed by atoms with Crippen molar-refractivity contribution in [2.75, 3.05) is 56.2 Å². The third-order valence-corrected chi connectivity index (χ3v) is 7.02. The zero-order chi connectivity index (χ0) is 27.9. The number of methoxy groups -OCH3 is 3. The van der Waals surface area contributed by atoms with Gasteiger partial charge in [-0.1, -0.05) is 11.8 Å². The maximum atomic E-state index is 12.7. The molecule has 0 aliphatic carbocycles. The van der Waals surface area contributed by atoms with Gasteiger partial charge in [-0.05, 0) is 37.0 Å². The summed E-state index contributed by atoms with van der Waals surface area (Å²) >= 11 is 1.00. The Balaban J connectivity index is 1.60. The fourth-order valence-electron chi connectivity index (χ4n) is 4.23.